The van der Waals surface area contributed by atoms with E-state index < -0.39 is 5.97 Å². The van der Waals surface area contributed by atoms with Gasteiger partial charge >= 0.3 is 5.97 Å². The van der Waals surface area contributed by atoms with E-state index in [0.29, 0.717) is 12.8 Å². The molecule has 1 saturated heterocycles. The molecule has 0 aromatic heterocycles. The first-order chi connectivity index (χ1) is 6.52. The van der Waals surface area contributed by atoms with Crippen LogP contribution in [-0.2, 0) is 19.1 Å². The van der Waals surface area contributed by atoms with Crippen molar-refractivity contribution >= 4 is 17.8 Å². The molecule has 14 heavy (non-hydrogen) atoms. The number of carbonyl (C=O) groups excluding carboxylic acids is 3. The van der Waals surface area contributed by atoms with Crippen LogP contribution in [-0.4, -0.2) is 35.3 Å². The van der Waals surface area contributed by atoms with Crippen LogP contribution in [0.1, 0.15) is 26.7 Å². The van der Waals surface area contributed by atoms with Gasteiger partial charge in [-0.1, -0.05) is 0 Å². The molecule has 2 amide bonds. The zero-order valence-corrected chi connectivity index (χ0v) is 8.28. The van der Waals surface area contributed by atoms with Crippen LogP contribution in [0.25, 0.3) is 0 Å². The van der Waals surface area contributed by atoms with Crippen LogP contribution in [0, 0.1) is 0 Å². The van der Waals surface area contributed by atoms with Gasteiger partial charge in [-0.15, -0.1) is 0 Å². The lowest BCUT2D eigenvalue weighted by molar-refractivity contribution is -0.149. The van der Waals surface area contributed by atoms with E-state index in [1.807, 2.05) is 0 Å². The fourth-order valence-corrected chi connectivity index (χ4v) is 1.55. The van der Waals surface area contributed by atoms with Crippen molar-refractivity contribution in [1.29, 1.82) is 0 Å². The molecule has 0 aromatic rings. The molecule has 1 unspecified atom stereocenters. The Labute approximate surface area is 82.0 Å². The lowest BCUT2D eigenvalue weighted by Gasteiger charge is -2.20. The molecule has 0 N–H and O–H groups in total. The van der Waals surface area contributed by atoms with Crippen molar-refractivity contribution in [2.24, 2.45) is 0 Å². The average molecular weight is 199 g/mol. The third kappa shape index (κ3) is 2.31. The monoisotopic (exact) mass is 199 g/mol. The van der Waals surface area contributed by atoms with Crippen LogP contribution in [0.2, 0.25) is 0 Å². The molecule has 1 rings (SSSR count). The molecule has 5 nitrogen and oxygen atoms in total. The minimum atomic E-state index is -0.396. The molecular formula is C9H13NO4. The summed E-state index contributed by atoms with van der Waals surface area (Å²) in [7, 11) is 0. The van der Waals surface area contributed by atoms with Gasteiger partial charge in [0.15, 0.2) is 0 Å². The van der Waals surface area contributed by atoms with Crippen molar-refractivity contribution in [3.63, 3.8) is 0 Å². The van der Waals surface area contributed by atoms with E-state index in [9.17, 15) is 14.4 Å². The number of esters is 1. The maximum atomic E-state index is 11.2. The summed E-state index contributed by atoms with van der Waals surface area (Å²) in [6.07, 6.45) is 0.928. The van der Waals surface area contributed by atoms with Gasteiger partial charge in [-0.05, 0) is 6.42 Å². The van der Waals surface area contributed by atoms with Gasteiger partial charge in [0.1, 0.15) is 6.61 Å². The molecule has 1 aliphatic heterocycles. The summed E-state index contributed by atoms with van der Waals surface area (Å²) in [5.74, 6) is -0.868. The van der Waals surface area contributed by atoms with Crippen LogP contribution in [0.15, 0.2) is 0 Å². The van der Waals surface area contributed by atoms with E-state index >= 15 is 0 Å². The first-order valence-corrected chi connectivity index (χ1v) is 4.48. The van der Waals surface area contributed by atoms with E-state index in [2.05, 4.69) is 0 Å². The summed E-state index contributed by atoms with van der Waals surface area (Å²) < 4.78 is 4.77. The quantitative estimate of drug-likeness (QED) is 0.591. The fraction of sp³-hybridized carbons (Fsp3) is 0.667. The third-order valence-electron chi connectivity index (χ3n) is 2.14. The van der Waals surface area contributed by atoms with Crippen LogP contribution in [0.5, 0.6) is 0 Å². The smallest absolute Gasteiger partial charge is 0.302 e. The molecule has 0 aliphatic carbocycles. The molecule has 1 aliphatic rings. The summed E-state index contributed by atoms with van der Waals surface area (Å²) in [6.45, 7) is 2.75. The molecule has 0 aromatic carbocycles. The Kier molecular flexibility index (Phi) is 3.22. The SMILES string of the molecule is CC(=O)OCC1CCC(=O)N1C(C)=O. The summed E-state index contributed by atoms with van der Waals surface area (Å²) in [6, 6.07) is -0.274. The Hall–Kier alpha value is -1.39. The van der Waals surface area contributed by atoms with E-state index in [1.54, 1.807) is 0 Å². The van der Waals surface area contributed by atoms with Crippen LogP contribution in [0.3, 0.4) is 0 Å². The molecular weight excluding hydrogens is 186 g/mol. The third-order valence-corrected chi connectivity index (χ3v) is 2.14. The summed E-state index contributed by atoms with van der Waals surface area (Å²) >= 11 is 0. The van der Waals surface area contributed by atoms with Gasteiger partial charge < -0.3 is 4.74 Å². The normalized spacial score (nSPS) is 21.1. The second kappa shape index (κ2) is 4.21. The summed E-state index contributed by atoms with van der Waals surface area (Å²) in [5.41, 5.74) is 0. The van der Waals surface area contributed by atoms with Crippen LogP contribution < -0.4 is 0 Å². The lowest BCUT2D eigenvalue weighted by Crippen LogP contribution is -2.39. The largest absolute Gasteiger partial charge is 0.464 e. The fourth-order valence-electron chi connectivity index (χ4n) is 1.55. The van der Waals surface area contributed by atoms with Crippen molar-refractivity contribution in [3.05, 3.63) is 0 Å². The molecule has 5 heteroatoms. The molecule has 0 saturated carbocycles. The van der Waals surface area contributed by atoms with Gasteiger partial charge in [-0.25, -0.2) is 0 Å². The van der Waals surface area contributed by atoms with E-state index in [1.165, 1.54) is 18.7 Å². The van der Waals surface area contributed by atoms with Gasteiger partial charge in [0.2, 0.25) is 11.8 Å². The number of rotatable bonds is 2. The second-order valence-electron chi connectivity index (χ2n) is 3.28. The highest BCUT2D eigenvalue weighted by molar-refractivity contribution is 5.96. The summed E-state index contributed by atoms with van der Waals surface area (Å²) in [5, 5.41) is 0. The molecule has 78 valence electrons. The Morgan fingerprint density at radius 2 is 2.14 bits per heavy atom. The number of likely N-dealkylation sites (tertiary alicyclic amines) is 1. The zero-order chi connectivity index (χ0) is 10.7. The van der Waals surface area contributed by atoms with Crippen molar-refractivity contribution in [3.8, 4) is 0 Å². The van der Waals surface area contributed by atoms with Gasteiger partial charge in [0.05, 0.1) is 6.04 Å². The highest BCUT2D eigenvalue weighted by Crippen LogP contribution is 2.18. The second-order valence-corrected chi connectivity index (χ2v) is 3.28. The Morgan fingerprint density at radius 3 is 2.64 bits per heavy atom. The standard InChI is InChI=1S/C9H13NO4/c1-6(11)10-8(3-4-9(10)13)5-14-7(2)12/h8H,3-5H2,1-2H3. The molecule has 0 bridgehead atoms. The Bertz CT molecular complexity index is 274. The Morgan fingerprint density at radius 1 is 1.50 bits per heavy atom. The number of carbonyl (C=O) groups is 3. The number of imide groups is 1. The van der Waals surface area contributed by atoms with Crippen molar-refractivity contribution in [2.75, 3.05) is 6.61 Å². The summed E-state index contributed by atoms with van der Waals surface area (Å²) in [4.78, 5) is 34.0. The zero-order valence-electron chi connectivity index (χ0n) is 8.28. The van der Waals surface area contributed by atoms with Crippen molar-refractivity contribution in [2.45, 2.75) is 32.7 Å². The molecule has 1 fully saturated rings. The number of hydrogen-bond donors (Lipinski definition) is 0. The highest BCUT2D eigenvalue weighted by atomic mass is 16.5. The van der Waals surface area contributed by atoms with Crippen molar-refractivity contribution < 1.29 is 19.1 Å². The first-order valence-electron chi connectivity index (χ1n) is 4.48. The van der Waals surface area contributed by atoms with Crippen LogP contribution in [0.4, 0.5) is 0 Å². The number of ether oxygens (including phenoxy) is 1. The number of amides is 2. The number of nitrogens with zero attached hydrogens (tertiary/aromatic N) is 1. The predicted molar refractivity (Wildman–Crippen MR) is 47.2 cm³/mol. The highest BCUT2D eigenvalue weighted by Gasteiger charge is 2.34. The van der Waals surface area contributed by atoms with E-state index in [-0.39, 0.29) is 24.5 Å². The molecule has 1 atom stereocenters. The maximum absolute atomic E-state index is 11.2. The topological polar surface area (TPSA) is 63.7 Å². The average Bonchev–Trinajstić information content (AvgIpc) is 2.43. The van der Waals surface area contributed by atoms with Gasteiger partial charge in [-0.2, -0.15) is 0 Å². The van der Waals surface area contributed by atoms with Gasteiger partial charge in [0.25, 0.3) is 0 Å². The maximum Gasteiger partial charge on any atom is 0.302 e. The Balaban J connectivity index is 2.56. The lowest BCUT2D eigenvalue weighted by atomic mass is 10.2. The molecule has 1 heterocycles. The molecule has 0 spiro atoms. The van der Waals surface area contributed by atoms with Crippen molar-refractivity contribution in [1.82, 2.24) is 4.90 Å². The van der Waals surface area contributed by atoms with Gasteiger partial charge in [-0.3, -0.25) is 19.3 Å². The van der Waals surface area contributed by atoms with Gasteiger partial charge in [0, 0.05) is 20.3 Å². The minimum absolute atomic E-state index is 0.112. The van der Waals surface area contributed by atoms with Crippen LogP contribution >= 0.6 is 0 Å². The minimum Gasteiger partial charge on any atom is -0.464 e. The molecule has 0 radical (unpaired) electrons. The number of hydrogen-bond acceptors (Lipinski definition) is 4. The first kappa shape index (κ1) is 10.7. The predicted octanol–water partition coefficient (Wildman–Crippen LogP) is 0.0870. The van der Waals surface area contributed by atoms with E-state index in [0.717, 1.165) is 0 Å². The van der Waals surface area contributed by atoms with E-state index in [4.69, 9.17) is 4.74 Å².